The molecule has 4 heteroatoms. The van der Waals surface area contributed by atoms with E-state index in [0.29, 0.717) is 18.4 Å². The van der Waals surface area contributed by atoms with Crippen molar-refractivity contribution in [2.45, 2.75) is 100 Å². The van der Waals surface area contributed by atoms with Gasteiger partial charge in [-0.25, -0.2) is 0 Å². The summed E-state index contributed by atoms with van der Waals surface area (Å²) in [7, 11) is 0. The maximum Gasteiger partial charge on any atom is 0.187 e. The summed E-state index contributed by atoms with van der Waals surface area (Å²) in [6.07, 6.45) is 22.7. The molecule has 2 aliphatic carbocycles. The minimum absolute atomic E-state index is 0.175. The van der Waals surface area contributed by atoms with Crippen LogP contribution in [0.2, 0.25) is 0 Å². The number of carbonyl (C=O) groups excluding carboxylic acids is 1. The smallest absolute Gasteiger partial charge is 0.187 e. The molecule has 3 N–H and O–H groups in total. The first-order chi connectivity index (χ1) is 20.5. The molecule has 1 unspecified atom stereocenters. The van der Waals surface area contributed by atoms with Crippen molar-refractivity contribution in [3.05, 3.63) is 117 Å². The Morgan fingerprint density at radius 2 is 1.27 bits per heavy atom. The molecule has 0 spiro atoms. The molecule has 2 aliphatic rings. The topological polar surface area (TPSA) is 77.8 Å². The van der Waals surface area contributed by atoms with E-state index in [1.807, 2.05) is 88.5 Å². The highest BCUT2D eigenvalue weighted by atomic mass is 16.3. The van der Waals surface area contributed by atoms with Crippen LogP contribution in [0.4, 0.5) is 0 Å². The van der Waals surface area contributed by atoms with Crippen molar-refractivity contribution in [2.75, 3.05) is 0 Å². The lowest BCUT2D eigenvalue weighted by molar-refractivity contribution is -0.125. The third kappa shape index (κ3) is 10.6. The summed E-state index contributed by atoms with van der Waals surface area (Å²) in [5.74, 6) is 6.26. The standard InChI is InChI=1S/C40H52O4/c1-27(17-13-19-29(3)21-23-33-31(5)37(43)35(41)25-39(33,7)8)15-11-12-16-28(2)18-14-20-30(4)22-24-34-32(6)38(44)36(42)26-40(34,9)10/h11-21,23,35-36,38,41-42,44H,25-26H2,1-10H3/b12-11+,17-13+,18-14+,23-21+,27-15+,28-16+,29-19+,30-20+/t35-,36-,38?/m0/s1. The molecule has 2 rings (SSSR count). The molecule has 44 heavy (non-hydrogen) atoms. The normalized spacial score (nSPS) is 25.7. The lowest BCUT2D eigenvalue weighted by atomic mass is 9.71. The minimum Gasteiger partial charge on any atom is -0.390 e. The van der Waals surface area contributed by atoms with Crippen molar-refractivity contribution in [1.82, 2.24) is 0 Å². The zero-order valence-electron chi connectivity index (χ0n) is 28.3. The van der Waals surface area contributed by atoms with Gasteiger partial charge in [-0.15, -0.1) is 0 Å². The first-order valence-corrected chi connectivity index (χ1v) is 15.4. The zero-order chi connectivity index (χ0) is 33.2. The molecule has 0 amide bonds. The lowest BCUT2D eigenvalue weighted by Gasteiger charge is -2.37. The van der Waals surface area contributed by atoms with E-state index in [2.05, 4.69) is 58.6 Å². The third-order valence-electron chi connectivity index (χ3n) is 8.26. The second-order valence-corrected chi connectivity index (χ2v) is 13.4. The van der Waals surface area contributed by atoms with Crippen LogP contribution < -0.4 is 0 Å². The summed E-state index contributed by atoms with van der Waals surface area (Å²) in [6.45, 7) is 20.0. The van der Waals surface area contributed by atoms with Gasteiger partial charge in [0.05, 0.1) is 6.10 Å². The van der Waals surface area contributed by atoms with Gasteiger partial charge >= 0.3 is 0 Å². The number of Topliss-reactive ketones (excluding diaryl/α,β-unsaturated/α-hetero) is 1. The number of hydrogen-bond acceptors (Lipinski definition) is 4. The van der Waals surface area contributed by atoms with E-state index >= 15 is 0 Å². The van der Waals surface area contributed by atoms with Gasteiger partial charge < -0.3 is 15.3 Å². The van der Waals surface area contributed by atoms with Gasteiger partial charge in [0, 0.05) is 11.0 Å². The largest absolute Gasteiger partial charge is 0.390 e. The first-order valence-electron chi connectivity index (χ1n) is 15.4. The summed E-state index contributed by atoms with van der Waals surface area (Å²) in [5, 5.41) is 30.4. The minimum atomic E-state index is -0.907. The van der Waals surface area contributed by atoms with E-state index in [4.69, 9.17) is 0 Å². The number of allylic oxidation sites excluding steroid dienone is 18. The monoisotopic (exact) mass is 596 g/mol. The number of carbonyl (C=O) groups is 1. The van der Waals surface area contributed by atoms with Gasteiger partial charge in [-0.2, -0.15) is 0 Å². The molecule has 0 radical (unpaired) electrons. The number of aliphatic hydroxyl groups excluding tert-OH is 3. The molecule has 3 atom stereocenters. The van der Waals surface area contributed by atoms with Crippen molar-refractivity contribution < 1.29 is 20.1 Å². The third-order valence-corrected chi connectivity index (χ3v) is 8.26. The highest BCUT2D eigenvalue weighted by molar-refractivity contribution is 6.00. The Kier molecular flexibility index (Phi) is 13.3. The van der Waals surface area contributed by atoms with Gasteiger partial charge in [-0.05, 0) is 82.1 Å². The number of ketones is 1. The zero-order valence-corrected chi connectivity index (χ0v) is 28.3. The Hall–Kier alpha value is -3.49. The predicted molar refractivity (Wildman–Crippen MR) is 185 cm³/mol. The van der Waals surface area contributed by atoms with Crippen LogP contribution in [0.1, 0.15) is 82.1 Å². The van der Waals surface area contributed by atoms with Crippen molar-refractivity contribution in [2.24, 2.45) is 10.8 Å². The molecule has 0 saturated carbocycles. The average molecular weight is 597 g/mol. The molecule has 4 nitrogen and oxygen atoms in total. The van der Waals surface area contributed by atoms with Crippen LogP contribution in [0, 0.1) is 22.7 Å². The molecule has 0 aromatic rings. The SMILES string of the molecule is CC1=C(/C=C/C(C)=C/C=C/C(C)=C/C=C/C=C(C)/C=C/C=C(\C)C#CC2=C(C)C(O)[C@@H](O)CC2(C)C)C(C)(C)C[C@H](O)C1=O. The Labute approximate surface area is 266 Å². The van der Waals surface area contributed by atoms with Crippen LogP contribution in [0.5, 0.6) is 0 Å². The Morgan fingerprint density at radius 1 is 0.750 bits per heavy atom. The van der Waals surface area contributed by atoms with Gasteiger partial charge in [0.15, 0.2) is 5.78 Å². The Balaban J connectivity index is 1.96. The Bertz CT molecular complexity index is 1460. The summed E-state index contributed by atoms with van der Waals surface area (Å²) >= 11 is 0. The molecule has 0 aliphatic heterocycles. The highest BCUT2D eigenvalue weighted by Gasteiger charge is 2.38. The molecular formula is C40H52O4. The molecule has 236 valence electrons. The van der Waals surface area contributed by atoms with Crippen molar-refractivity contribution in [3.63, 3.8) is 0 Å². The van der Waals surface area contributed by atoms with Crippen LogP contribution in [0.25, 0.3) is 0 Å². The van der Waals surface area contributed by atoms with Crippen LogP contribution in [0.3, 0.4) is 0 Å². The molecule has 0 heterocycles. The first kappa shape index (κ1) is 36.7. The molecule has 0 bridgehead atoms. The van der Waals surface area contributed by atoms with Crippen LogP contribution >= 0.6 is 0 Å². The summed E-state index contributed by atoms with van der Waals surface area (Å²) in [5.41, 5.74) is 6.99. The molecule has 0 aromatic heterocycles. The average Bonchev–Trinajstić information content (AvgIpc) is 2.92. The van der Waals surface area contributed by atoms with E-state index in [1.165, 1.54) is 0 Å². The quantitative estimate of drug-likeness (QED) is 0.195. The van der Waals surface area contributed by atoms with Crippen molar-refractivity contribution >= 4 is 5.78 Å². The van der Waals surface area contributed by atoms with Crippen molar-refractivity contribution in [1.29, 1.82) is 0 Å². The fourth-order valence-corrected chi connectivity index (χ4v) is 5.60. The van der Waals surface area contributed by atoms with Gasteiger partial charge in [0.2, 0.25) is 0 Å². The maximum atomic E-state index is 12.2. The fourth-order valence-electron chi connectivity index (χ4n) is 5.60. The lowest BCUT2D eigenvalue weighted by Crippen LogP contribution is -2.39. The number of aliphatic hydroxyl groups is 3. The van der Waals surface area contributed by atoms with E-state index in [1.54, 1.807) is 6.92 Å². The number of hydrogen-bond donors (Lipinski definition) is 3. The molecular weight excluding hydrogens is 544 g/mol. The summed E-state index contributed by atoms with van der Waals surface area (Å²) in [4.78, 5) is 12.2. The second kappa shape index (κ2) is 16.0. The van der Waals surface area contributed by atoms with Crippen LogP contribution in [-0.4, -0.2) is 39.4 Å². The van der Waals surface area contributed by atoms with Crippen molar-refractivity contribution in [3.8, 4) is 11.8 Å². The molecule has 0 saturated heterocycles. The van der Waals surface area contributed by atoms with E-state index < -0.39 is 18.3 Å². The highest BCUT2D eigenvalue weighted by Crippen LogP contribution is 2.41. The van der Waals surface area contributed by atoms with E-state index in [9.17, 15) is 20.1 Å². The van der Waals surface area contributed by atoms with Gasteiger partial charge in [0.1, 0.15) is 12.2 Å². The molecule has 0 fully saturated rings. The van der Waals surface area contributed by atoms with E-state index in [0.717, 1.165) is 39.0 Å². The van der Waals surface area contributed by atoms with E-state index in [-0.39, 0.29) is 16.6 Å². The summed E-state index contributed by atoms with van der Waals surface area (Å²) in [6, 6.07) is 0. The van der Waals surface area contributed by atoms with Crippen LogP contribution in [0.15, 0.2) is 117 Å². The van der Waals surface area contributed by atoms with Gasteiger partial charge in [-0.1, -0.05) is 129 Å². The van der Waals surface area contributed by atoms with Gasteiger partial charge in [0.25, 0.3) is 0 Å². The summed E-state index contributed by atoms with van der Waals surface area (Å²) < 4.78 is 0. The van der Waals surface area contributed by atoms with Gasteiger partial charge in [-0.3, -0.25) is 4.79 Å². The molecule has 0 aromatic carbocycles. The second-order valence-electron chi connectivity index (χ2n) is 13.4. The maximum absolute atomic E-state index is 12.2. The predicted octanol–water partition coefficient (Wildman–Crippen LogP) is 8.14. The van der Waals surface area contributed by atoms with Crippen LogP contribution in [-0.2, 0) is 4.79 Å². The Morgan fingerprint density at radius 3 is 1.86 bits per heavy atom. The number of rotatable bonds is 8. The fraction of sp³-hybridized carbons (Fsp3) is 0.425.